The molecule has 4 nitrogen and oxygen atoms in total. The molecule has 1 aliphatic heterocycles. The van der Waals surface area contributed by atoms with Gasteiger partial charge in [0.1, 0.15) is 11.3 Å². The van der Waals surface area contributed by atoms with Crippen LogP contribution in [0.25, 0.3) is 27.7 Å². The van der Waals surface area contributed by atoms with E-state index in [4.69, 9.17) is 20.8 Å². The lowest BCUT2D eigenvalue weighted by Crippen LogP contribution is -2.34. The summed E-state index contributed by atoms with van der Waals surface area (Å²) in [6, 6.07) is 20.0. The molecular formula is C29H26ClNO3. The lowest BCUT2D eigenvalue weighted by Gasteiger charge is -2.28. The second kappa shape index (κ2) is 9.40. The lowest BCUT2D eigenvalue weighted by atomic mass is 9.98. The number of halogens is 1. The van der Waals surface area contributed by atoms with Crippen LogP contribution in [-0.4, -0.2) is 24.0 Å². The van der Waals surface area contributed by atoms with Gasteiger partial charge in [0.15, 0.2) is 0 Å². The Morgan fingerprint density at radius 3 is 2.65 bits per heavy atom. The van der Waals surface area contributed by atoms with Crippen LogP contribution in [0.3, 0.4) is 0 Å². The quantitative estimate of drug-likeness (QED) is 0.290. The minimum absolute atomic E-state index is 0.0136. The molecule has 0 saturated heterocycles. The van der Waals surface area contributed by atoms with Crippen molar-refractivity contribution in [3.8, 4) is 16.9 Å². The number of furan rings is 1. The van der Waals surface area contributed by atoms with Gasteiger partial charge in [-0.3, -0.25) is 4.79 Å². The SMILES string of the molecule is CCOc1cc2occ(-c3ccc(Cl)cc3)c2cc1/C(C)=C/C(=O)N1CCc2ccccc2C1. The smallest absolute Gasteiger partial charge is 0.247 e. The number of carbonyl (C=O) groups excluding carboxylic acids is 1. The summed E-state index contributed by atoms with van der Waals surface area (Å²) in [6.45, 7) is 5.79. The third-order valence-corrected chi connectivity index (χ3v) is 6.59. The van der Waals surface area contributed by atoms with Gasteiger partial charge in [0.2, 0.25) is 5.91 Å². The number of allylic oxidation sites excluding steroid dienone is 1. The van der Waals surface area contributed by atoms with Gasteiger partial charge in [-0.1, -0.05) is 48.0 Å². The van der Waals surface area contributed by atoms with Crippen LogP contribution in [0.4, 0.5) is 0 Å². The fraction of sp³-hybridized carbons (Fsp3) is 0.207. The molecule has 0 fully saturated rings. The van der Waals surface area contributed by atoms with E-state index in [1.807, 2.05) is 55.1 Å². The number of hydrogen-bond acceptors (Lipinski definition) is 3. The van der Waals surface area contributed by atoms with Crippen molar-refractivity contribution in [2.45, 2.75) is 26.8 Å². The summed E-state index contributed by atoms with van der Waals surface area (Å²) in [5.74, 6) is 0.720. The summed E-state index contributed by atoms with van der Waals surface area (Å²) in [6.07, 6.45) is 4.35. The van der Waals surface area contributed by atoms with E-state index < -0.39 is 0 Å². The summed E-state index contributed by atoms with van der Waals surface area (Å²) in [7, 11) is 0. The summed E-state index contributed by atoms with van der Waals surface area (Å²) in [5, 5.41) is 1.65. The number of carbonyl (C=O) groups is 1. The third kappa shape index (κ3) is 4.34. The van der Waals surface area contributed by atoms with Crippen molar-refractivity contribution < 1.29 is 13.9 Å². The Hall–Kier alpha value is -3.50. The molecule has 0 spiro atoms. The van der Waals surface area contributed by atoms with E-state index in [2.05, 4.69) is 24.3 Å². The summed E-state index contributed by atoms with van der Waals surface area (Å²) < 4.78 is 11.8. The monoisotopic (exact) mass is 471 g/mol. The maximum atomic E-state index is 13.2. The molecule has 0 radical (unpaired) electrons. The highest BCUT2D eigenvalue weighted by molar-refractivity contribution is 6.30. The second-order valence-corrected chi connectivity index (χ2v) is 8.98. The lowest BCUT2D eigenvalue weighted by molar-refractivity contribution is -0.126. The van der Waals surface area contributed by atoms with E-state index in [9.17, 15) is 4.79 Å². The largest absolute Gasteiger partial charge is 0.493 e. The molecule has 1 aliphatic rings. The summed E-state index contributed by atoms with van der Waals surface area (Å²) >= 11 is 6.07. The molecule has 1 aromatic heterocycles. The van der Waals surface area contributed by atoms with Gasteiger partial charge in [-0.2, -0.15) is 0 Å². The standard InChI is InChI=1S/C29H26ClNO3/c1-3-33-27-16-28-25(26(18-34-28)21-8-10-23(30)11-9-21)15-24(27)19(2)14-29(32)31-13-12-20-6-4-5-7-22(20)17-31/h4-11,14-16,18H,3,12-13,17H2,1-2H3/b19-14+. The molecule has 3 aromatic carbocycles. The van der Waals surface area contributed by atoms with E-state index in [-0.39, 0.29) is 5.91 Å². The van der Waals surface area contributed by atoms with Crippen molar-refractivity contribution in [1.82, 2.24) is 4.90 Å². The van der Waals surface area contributed by atoms with Gasteiger partial charge in [-0.15, -0.1) is 0 Å². The van der Waals surface area contributed by atoms with E-state index in [0.717, 1.165) is 46.2 Å². The first-order valence-electron chi connectivity index (χ1n) is 11.5. The predicted molar refractivity (Wildman–Crippen MR) is 137 cm³/mol. The molecule has 1 amide bonds. The highest BCUT2D eigenvalue weighted by Gasteiger charge is 2.20. The Balaban J connectivity index is 1.50. The summed E-state index contributed by atoms with van der Waals surface area (Å²) in [5.41, 5.74) is 7.02. The Morgan fingerprint density at radius 2 is 1.88 bits per heavy atom. The number of rotatable bonds is 5. The average molecular weight is 472 g/mol. The molecule has 0 unspecified atom stereocenters. The molecule has 4 aromatic rings. The first kappa shape index (κ1) is 22.3. The van der Waals surface area contributed by atoms with E-state index >= 15 is 0 Å². The van der Waals surface area contributed by atoms with Gasteiger partial charge in [0.25, 0.3) is 0 Å². The van der Waals surface area contributed by atoms with E-state index in [1.165, 1.54) is 11.1 Å². The molecule has 5 rings (SSSR count). The normalized spacial score (nSPS) is 13.7. The van der Waals surface area contributed by atoms with Crippen LogP contribution in [0, 0.1) is 0 Å². The van der Waals surface area contributed by atoms with Crippen LogP contribution >= 0.6 is 11.6 Å². The fourth-order valence-electron chi connectivity index (χ4n) is 4.53. The Kier molecular flexibility index (Phi) is 6.16. The Labute approximate surface area is 204 Å². The van der Waals surface area contributed by atoms with Gasteiger partial charge in [-0.05, 0) is 60.7 Å². The van der Waals surface area contributed by atoms with Crippen LogP contribution in [0.2, 0.25) is 5.02 Å². The predicted octanol–water partition coefficient (Wildman–Crippen LogP) is 7.14. The first-order chi connectivity index (χ1) is 16.5. The zero-order valence-corrected chi connectivity index (χ0v) is 20.1. The Morgan fingerprint density at radius 1 is 1.12 bits per heavy atom. The number of fused-ring (bicyclic) bond motifs is 2. The third-order valence-electron chi connectivity index (χ3n) is 6.34. The second-order valence-electron chi connectivity index (χ2n) is 8.54. The van der Waals surface area contributed by atoms with Crippen LogP contribution in [-0.2, 0) is 17.8 Å². The van der Waals surface area contributed by atoms with Crippen LogP contribution in [0.5, 0.6) is 5.75 Å². The van der Waals surface area contributed by atoms with Gasteiger partial charge in [0.05, 0.1) is 12.9 Å². The van der Waals surface area contributed by atoms with Crippen LogP contribution in [0.15, 0.2) is 77.4 Å². The van der Waals surface area contributed by atoms with E-state index in [0.29, 0.717) is 23.9 Å². The van der Waals surface area contributed by atoms with Crippen LogP contribution in [0.1, 0.15) is 30.5 Å². The van der Waals surface area contributed by atoms with Crippen LogP contribution < -0.4 is 4.74 Å². The molecule has 0 atom stereocenters. The molecule has 0 saturated carbocycles. The van der Waals surface area contributed by atoms with Crippen molar-refractivity contribution in [3.05, 3.63) is 94.7 Å². The van der Waals surface area contributed by atoms with Gasteiger partial charge in [-0.25, -0.2) is 0 Å². The zero-order chi connectivity index (χ0) is 23.7. The maximum Gasteiger partial charge on any atom is 0.247 e. The fourth-order valence-corrected chi connectivity index (χ4v) is 4.66. The van der Waals surface area contributed by atoms with Crippen molar-refractivity contribution in [3.63, 3.8) is 0 Å². The molecule has 172 valence electrons. The number of ether oxygens (including phenoxy) is 1. The summed E-state index contributed by atoms with van der Waals surface area (Å²) in [4.78, 5) is 15.1. The maximum absolute atomic E-state index is 13.2. The molecule has 34 heavy (non-hydrogen) atoms. The zero-order valence-electron chi connectivity index (χ0n) is 19.3. The number of benzene rings is 3. The molecule has 0 aliphatic carbocycles. The first-order valence-corrected chi connectivity index (χ1v) is 11.9. The van der Waals surface area contributed by atoms with Crippen molar-refractivity contribution in [2.75, 3.05) is 13.2 Å². The van der Waals surface area contributed by atoms with Crippen molar-refractivity contribution in [2.24, 2.45) is 0 Å². The molecule has 2 heterocycles. The Bertz CT molecular complexity index is 1380. The molecule has 0 N–H and O–H groups in total. The number of hydrogen-bond donors (Lipinski definition) is 0. The van der Waals surface area contributed by atoms with E-state index in [1.54, 1.807) is 12.3 Å². The molecular weight excluding hydrogens is 446 g/mol. The average Bonchev–Trinajstić information content (AvgIpc) is 3.26. The van der Waals surface area contributed by atoms with Crippen molar-refractivity contribution >= 4 is 34.1 Å². The van der Waals surface area contributed by atoms with Gasteiger partial charge >= 0.3 is 0 Å². The van der Waals surface area contributed by atoms with Gasteiger partial charge in [0, 0.05) is 46.8 Å². The topological polar surface area (TPSA) is 42.7 Å². The minimum atomic E-state index is 0.0136. The number of amides is 1. The highest BCUT2D eigenvalue weighted by Crippen LogP contribution is 2.38. The number of nitrogens with zero attached hydrogens (tertiary/aromatic N) is 1. The van der Waals surface area contributed by atoms with Gasteiger partial charge < -0.3 is 14.1 Å². The molecule has 5 heteroatoms. The molecule has 0 bridgehead atoms. The highest BCUT2D eigenvalue weighted by atomic mass is 35.5. The minimum Gasteiger partial charge on any atom is -0.493 e. The van der Waals surface area contributed by atoms with Crippen molar-refractivity contribution in [1.29, 1.82) is 0 Å².